The highest BCUT2D eigenvalue weighted by molar-refractivity contribution is 5.80. The highest BCUT2D eigenvalue weighted by Crippen LogP contribution is 2.40. The van der Waals surface area contributed by atoms with Crippen LogP contribution < -0.4 is 14.5 Å². The van der Waals surface area contributed by atoms with Gasteiger partial charge in [0.2, 0.25) is 0 Å². The number of nitrogens with zero attached hydrogens (tertiary/aromatic N) is 6. The molecule has 0 atom stereocenters. The number of hydrogen-bond donors (Lipinski definition) is 0. The summed E-state index contributed by atoms with van der Waals surface area (Å²) in [5, 5.41) is 4.91. The number of rotatable bonds is 10. The van der Waals surface area contributed by atoms with E-state index in [2.05, 4.69) is 89.3 Å². The Morgan fingerprint density at radius 3 is 1.62 bits per heavy atom. The van der Waals surface area contributed by atoms with Gasteiger partial charge in [-0.2, -0.15) is 5.10 Å². The van der Waals surface area contributed by atoms with Crippen molar-refractivity contribution in [2.75, 3.05) is 9.80 Å². The molecule has 0 amide bonds. The van der Waals surface area contributed by atoms with E-state index in [1.165, 1.54) is 0 Å². The first-order valence-corrected chi connectivity index (χ1v) is 17.2. The standard InChI is InChI=1S/C45H36N6O/c1-33-45(34(2)51(48-33)38-20-10-5-11-21-38)35-27-29-47-44(30-35)50(37-18-8-4-9-19-37)40-23-15-25-42(32-40)52-41-24-14-22-39(31-41)49(36-16-6-3-7-17-36)43-26-12-13-28-46-43/h3-32H,1-2H3. The smallest absolute Gasteiger partial charge is 0.138 e. The predicted molar refractivity (Wildman–Crippen MR) is 210 cm³/mol. The van der Waals surface area contributed by atoms with Gasteiger partial charge in [0.15, 0.2) is 0 Å². The zero-order chi connectivity index (χ0) is 35.3. The SMILES string of the molecule is Cc1nn(-c2ccccc2)c(C)c1-c1ccnc(N(c2ccccc2)c2cccc(Oc3cccc(N(c4ccccc4)c4ccccn4)c3)c2)c1. The lowest BCUT2D eigenvalue weighted by Crippen LogP contribution is -2.12. The molecule has 8 rings (SSSR count). The van der Waals surface area contributed by atoms with E-state index >= 15 is 0 Å². The molecule has 0 bridgehead atoms. The van der Waals surface area contributed by atoms with E-state index in [0.29, 0.717) is 11.5 Å². The molecular weight excluding hydrogens is 641 g/mol. The number of pyridine rings is 2. The molecule has 0 aliphatic heterocycles. The fourth-order valence-electron chi connectivity index (χ4n) is 6.55. The second kappa shape index (κ2) is 14.5. The second-order valence-corrected chi connectivity index (χ2v) is 12.3. The van der Waals surface area contributed by atoms with Gasteiger partial charge < -0.3 is 4.74 Å². The number of para-hydroxylation sites is 3. The molecule has 0 fully saturated rings. The van der Waals surface area contributed by atoms with E-state index in [4.69, 9.17) is 14.8 Å². The molecule has 0 aliphatic rings. The maximum absolute atomic E-state index is 6.57. The molecule has 0 saturated heterocycles. The first-order valence-electron chi connectivity index (χ1n) is 17.2. The minimum absolute atomic E-state index is 0.701. The second-order valence-electron chi connectivity index (χ2n) is 12.3. The molecule has 0 saturated carbocycles. The molecule has 0 aliphatic carbocycles. The Bertz CT molecular complexity index is 2380. The number of aromatic nitrogens is 4. The fraction of sp³-hybridized carbons (Fsp3) is 0.0444. The van der Waals surface area contributed by atoms with Crippen LogP contribution in [0.2, 0.25) is 0 Å². The first kappa shape index (κ1) is 32.2. The van der Waals surface area contributed by atoms with Crippen LogP contribution in [0.3, 0.4) is 0 Å². The first-order chi connectivity index (χ1) is 25.6. The van der Waals surface area contributed by atoms with Gasteiger partial charge in [-0.25, -0.2) is 14.6 Å². The van der Waals surface area contributed by atoms with Crippen molar-refractivity contribution >= 4 is 34.4 Å². The maximum atomic E-state index is 6.57. The highest BCUT2D eigenvalue weighted by Gasteiger charge is 2.20. The normalized spacial score (nSPS) is 10.9. The van der Waals surface area contributed by atoms with E-state index in [-0.39, 0.29) is 0 Å². The van der Waals surface area contributed by atoms with Crippen molar-refractivity contribution in [1.82, 2.24) is 19.7 Å². The van der Waals surface area contributed by atoms with Crippen molar-refractivity contribution in [2.24, 2.45) is 0 Å². The summed E-state index contributed by atoms with van der Waals surface area (Å²) >= 11 is 0. The van der Waals surface area contributed by atoms with E-state index in [0.717, 1.165) is 62.6 Å². The topological polar surface area (TPSA) is 59.3 Å². The lowest BCUT2D eigenvalue weighted by Gasteiger charge is -2.25. The number of ether oxygens (including phenoxy) is 1. The van der Waals surface area contributed by atoms with Crippen molar-refractivity contribution in [3.8, 4) is 28.3 Å². The van der Waals surface area contributed by atoms with Crippen LogP contribution in [-0.4, -0.2) is 19.7 Å². The number of benzene rings is 5. The summed E-state index contributed by atoms with van der Waals surface area (Å²) in [6.07, 6.45) is 3.67. The Morgan fingerprint density at radius 1 is 0.481 bits per heavy atom. The predicted octanol–water partition coefficient (Wildman–Crippen LogP) is 11.7. The van der Waals surface area contributed by atoms with Crippen LogP contribution in [0.25, 0.3) is 16.8 Å². The molecule has 8 aromatic rings. The summed E-state index contributed by atoms with van der Waals surface area (Å²) in [4.78, 5) is 13.8. The van der Waals surface area contributed by atoms with Gasteiger partial charge in [0.1, 0.15) is 23.1 Å². The third-order valence-corrected chi connectivity index (χ3v) is 8.85. The molecule has 7 heteroatoms. The lowest BCUT2D eigenvalue weighted by molar-refractivity contribution is 0.483. The van der Waals surface area contributed by atoms with Gasteiger partial charge in [0.05, 0.1) is 22.8 Å². The molecule has 0 unspecified atom stereocenters. The summed E-state index contributed by atoms with van der Waals surface area (Å²) < 4.78 is 8.57. The number of hydrogen-bond acceptors (Lipinski definition) is 6. The summed E-state index contributed by atoms with van der Waals surface area (Å²) in [5.74, 6) is 3.01. The van der Waals surface area contributed by atoms with E-state index in [9.17, 15) is 0 Å². The van der Waals surface area contributed by atoms with Crippen molar-refractivity contribution in [1.29, 1.82) is 0 Å². The molecule has 0 spiro atoms. The maximum Gasteiger partial charge on any atom is 0.138 e. The summed E-state index contributed by atoms with van der Waals surface area (Å²) in [5.41, 5.74) is 9.02. The Labute approximate surface area is 303 Å². The van der Waals surface area contributed by atoms with Crippen LogP contribution in [-0.2, 0) is 0 Å². The van der Waals surface area contributed by atoms with Crippen LogP contribution >= 0.6 is 0 Å². The molecule has 52 heavy (non-hydrogen) atoms. The van der Waals surface area contributed by atoms with Crippen LogP contribution in [0.1, 0.15) is 11.4 Å². The van der Waals surface area contributed by atoms with Crippen LogP contribution in [0.4, 0.5) is 34.4 Å². The number of anilines is 6. The molecule has 5 aromatic carbocycles. The van der Waals surface area contributed by atoms with Crippen LogP contribution in [0.15, 0.2) is 182 Å². The average molecular weight is 677 g/mol. The van der Waals surface area contributed by atoms with Gasteiger partial charge in [0, 0.05) is 47.2 Å². The average Bonchev–Trinajstić information content (AvgIpc) is 3.50. The lowest BCUT2D eigenvalue weighted by atomic mass is 10.0. The fourth-order valence-corrected chi connectivity index (χ4v) is 6.55. The van der Waals surface area contributed by atoms with Crippen LogP contribution in [0.5, 0.6) is 11.5 Å². The molecule has 3 aromatic heterocycles. The molecule has 3 heterocycles. The highest BCUT2D eigenvalue weighted by atomic mass is 16.5. The Kier molecular flexibility index (Phi) is 8.97. The summed E-state index contributed by atoms with van der Waals surface area (Å²) in [6, 6.07) is 57.0. The minimum Gasteiger partial charge on any atom is -0.457 e. The molecule has 0 radical (unpaired) electrons. The molecule has 7 nitrogen and oxygen atoms in total. The van der Waals surface area contributed by atoms with Gasteiger partial charge in [-0.15, -0.1) is 0 Å². The Hall–Kier alpha value is -6.99. The summed E-state index contributed by atoms with van der Waals surface area (Å²) in [6.45, 7) is 4.17. The van der Waals surface area contributed by atoms with Gasteiger partial charge >= 0.3 is 0 Å². The van der Waals surface area contributed by atoms with Crippen molar-refractivity contribution < 1.29 is 4.74 Å². The largest absolute Gasteiger partial charge is 0.457 e. The van der Waals surface area contributed by atoms with Crippen LogP contribution in [0, 0.1) is 13.8 Å². The third kappa shape index (κ3) is 6.63. The van der Waals surface area contributed by atoms with E-state index in [1.54, 1.807) is 6.20 Å². The Morgan fingerprint density at radius 2 is 1.02 bits per heavy atom. The quantitative estimate of drug-likeness (QED) is 0.144. The van der Waals surface area contributed by atoms with Gasteiger partial charge in [-0.05, 0) is 104 Å². The monoisotopic (exact) mass is 676 g/mol. The Balaban J connectivity index is 1.14. The molecular formula is C45H36N6O. The molecule has 252 valence electrons. The van der Waals surface area contributed by atoms with Crippen molar-refractivity contribution in [3.05, 3.63) is 194 Å². The van der Waals surface area contributed by atoms with Gasteiger partial charge in [0.25, 0.3) is 0 Å². The van der Waals surface area contributed by atoms with Gasteiger partial charge in [-0.1, -0.05) is 72.8 Å². The van der Waals surface area contributed by atoms with Crippen molar-refractivity contribution in [3.63, 3.8) is 0 Å². The zero-order valence-corrected chi connectivity index (χ0v) is 28.9. The van der Waals surface area contributed by atoms with E-state index < -0.39 is 0 Å². The third-order valence-electron chi connectivity index (χ3n) is 8.85. The number of aryl methyl sites for hydroxylation is 1. The molecule has 0 N–H and O–H groups in total. The minimum atomic E-state index is 0.701. The van der Waals surface area contributed by atoms with Crippen molar-refractivity contribution in [2.45, 2.75) is 13.8 Å². The summed E-state index contributed by atoms with van der Waals surface area (Å²) in [7, 11) is 0. The van der Waals surface area contributed by atoms with E-state index in [1.807, 2.05) is 120 Å². The zero-order valence-electron chi connectivity index (χ0n) is 28.9. The van der Waals surface area contributed by atoms with Gasteiger partial charge in [-0.3, -0.25) is 9.80 Å².